The van der Waals surface area contributed by atoms with Crippen LogP contribution in [0, 0.1) is 11.8 Å². The highest BCUT2D eigenvalue weighted by Gasteiger charge is 2.47. The smallest absolute Gasteiger partial charge is 0.305 e. The number of piperidine rings is 1. The molecule has 2 aliphatic heterocycles. The standard InChI is InChI=1S/C30H41N3O3/c1-2-36-29(34)12-6-10-27-30(35)33(28-11-4-3-9-26(28)31-27)25-18-22-13-14-23(19-25)32(22)24-16-20-7-5-8-21(15-20)17-24/h3-4,9,11,20-25H,2,5-8,10,12-19H2,1H3/t20?,21?,22-,23?,24?,25+/m1/s1. The van der Waals surface area contributed by atoms with Crippen LogP contribution in [0.4, 0.5) is 0 Å². The first-order valence-electron chi connectivity index (χ1n) is 14.5. The number of esters is 1. The van der Waals surface area contributed by atoms with E-state index in [1.165, 1.54) is 51.4 Å². The quantitative estimate of drug-likeness (QED) is 0.484. The van der Waals surface area contributed by atoms with Crippen LogP contribution in [-0.2, 0) is 16.0 Å². The largest absolute Gasteiger partial charge is 0.466 e. The van der Waals surface area contributed by atoms with Crippen LogP contribution in [0.1, 0.15) is 95.7 Å². The van der Waals surface area contributed by atoms with Crippen molar-refractivity contribution in [2.75, 3.05) is 6.61 Å². The predicted octanol–water partition coefficient (Wildman–Crippen LogP) is 5.42. The number of fused-ring (bicyclic) bond motifs is 5. The molecular weight excluding hydrogens is 450 g/mol. The number of para-hydroxylation sites is 2. The maximum absolute atomic E-state index is 13.8. The van der Waals surface area contributed by atoms with Gasteiger partial charge in [-0.2, -0.15) is 0 Å². The molecule has 36 heavy (non-hydrogen) atoms. The monoisotopic (exact) mass is 491 g/mol. The highest BCUT2D eigenvalue weighted by Crippen LogP contribution is 2.48. The Hall–Kier alpha value is -2.21. The van der Waals surface area contributed by atoms with E-state index in [1.54, 1.807) is 0 Å². The molecule has 3 heterocycles. The molecule has 1 aromatic heterocycles. The van der Waals surface area contributed by atoms with E-state index >= 15 is 0 Å². The Morgan fingerprint density at radius 3 is 2.39 bits per heavy atom. The highest BCUT2D eigenvalue weighted by atomic mass is 16.5. The van der Waals surface area contributed by atoms with E-state index in [4.69, 9.17) is 9.72 Å². The van der Waals surface area contributed by atoms with Crippen molar-refractivity contribution in [2.24, 2.45) is 11.8 Å². The second-order valence-electron chi connectivity index (χ2n) is 11.9. The number of ether oxygens (including phenoxy) is 1. The summed E-state index contributed by atoms with van der Waals surface area (Å²) in [7, 11) is 0. The summed E-state index contributed by atoms with van der Waals surface area (Å²) >= 11 is 0. The zero-order valence-corrected chi connectivity index (χ0v) is 21.7. The number of carbonyl (C=O) groups excluding carboxylic acids is 1. The average Bonchev–Trinajstić information content (AvgIpc) is 3.14. The van der Waals surface area contributed by atoms with Gasteiger partial charge in [0, 0.05) is 30.6 Å². The summed E-state index contributed by atoms with van der Waals surface area (Å²) in [5.74, 6) is 1.70. The molecule has 1 aromatic carbocycles. The summed E-state index contributed by atoms with van der Waals surface area (Å²) in [5.41, 5.74) is 2.48. The fourth-order valence-corrected chi connectivity index (χ4v) is 8.29. The Labute approximate surface area is 214 Å². The summed E-state index contributed by atoms with van der Waals surface area (Å²) in [6, 6.07) is 10.3. The Bertz CT molecular complexity index is 1130. The second kappa shape index (κ2) is 10.3. The summed E-state index contributed by atoms with van der Waals surface area (Å²) in [4.78, 5) is 33.3. The molecule has 0 amide bonds. The van der Waals surface area contributed by atoms with Crippen molar-refractivity contribution < 1.29 is 9.53 Å². The Balaban J connectivity index is 1.24. The third-order valence-corrected chi connectivity index (χ3v) is 9.62. The van der Waals surface area contributed by atoms with Gasteiger partial charge in [-0.05, 0) is 88.7 Å². The van der Waals surface area contributed by atoms with Gasteiger partial charge in [-0.15, -0.1) is 0 Å². The van der Waals surface area contributed by atoms with Crippen molar-refractivity contribution in [3.05, 3.63) is 40.3 Å². The van der Waals surface area contributed by atoms with Gasteiger partial charge in [-0.1, -0.05) is 31.4 Å². The number of hydrogen-bond acceptors (Lipinski definition) is 5. The van der Waals surface area contributed by atoms with Crippen LogP contribution in [0.2, 0.25) is 0 Å². The fourth-order valence-electron chi connectivity index (χ4n) is 8.29. The predicted molar refractivity (Wildman–Crippen MR) is 141 cm³/mol. The van der Waals surface area contributed by atoms with Gasteiger partial charge in [0.1, 0.15) is 5.69 Å². The summed E-state index contributed by atoms with van der Waals surface area (Å²) < 4.78 is 7.15. The van der Waals surface area contributed by atoms with Crippen LogP contribution in [-0.4, -0.2) is 45.2 Å². The van der Waals surface area contributed by atoms with Gasteiger partial charge in [0.25, 0.3) is 5.56 Å². The van der Waals surface area contributed by atoms with E-state index in [0.717, 1.165) is 41.8 Å². The molecule has 4 bridgehead atoms. The molecule has 6 heteroatoms. The SMILES string of the molecule is CCOC(=O)CCCc1nc2ccccc2n([C@@H]2CC3CC[C@H](C2)N3C2CC3CCCC(C3)C2)c1=O. The van der Waals surface area contributed by atoms with Crippen molar-refractivity contribution in [1.29, 1.82) is 0 Å². The molecule has 0 N–H and O–H groups in total. The van der Waals surface area contributed by atoms with Crippen LogP contribution in [0.25, 0.3) is 11.0 Å². The number of aryl methyl sites for hydroxylation is 1. The van der Waals surface area contributed by atoms with Gasteiger partial charge in [-0.3, -0.25) is 14.5 Å². The van der Waals surface area contributed by atoms with Crippen molar-refractivity contribution in [1.82, 2.24) is 14.5 Å². The minimum Gasteiger partial charge on any atom is -0.466 e. The second-order valence-corrected chi connectivity index (χ2v) is 11.9. The van der Waals surface area contributed by atoms with Crippen LogP contribution < -0.4 is 5.56 Å². The van der Waals surface area contributed by atoms with Crippen LogP contribution in [0.3, 0.4) is 0 Å². The number of nitrogens with zero attached hydrogens (tertiary/aromatic N) is 3. The molecular formula is C30H41N3O3. The number of benzene rings is 1. The first-order chi connectivity index (χ1) is 17.6. The summed E-state index contributed by atoms with van der Waals surface area (Å²) in [5, 5.41) is 0. The Kier molecular flexibility index (Phi) is 6.89. The van der Waals surface area contributed by atoms with E-state index in [-0.39, 0.29) is 17.6 Å². The zero-order chi connectivity index (χ0) is 24.6. The van der Waals surface area contributed by atoms with Crippen LogP contribution in [0.5, 0.6) is 0 Å². The van der Waals surface area contributed by atoms with Crippen molar-refractivity contribution >= 4 is 17.0 Å². The molecule has 6 rings (SSSR count). The maximum Gasteiger partial charge on any atom is 0.305 e. The van der Waals surface area contributed by atoms with Crippen LogP contribution in [0.15, 0.2) is 29.1 Å². The number of hydrogen-bond donors (Lipinski definition) is 0. The molecule has 5 atom stereocenters. The molecule has 194 valence electrons. The number of carbonyl (C=O) groups is 1. The molecule has 0 radical (unpaired) electrons. The van der Waals surface area contributed by atoms with Gasteiger partial charge >= 0.3 is 5.97 Å². The molecule has 4 aliphatic rings. The normalized spacial score (nSPS) is 32.0. The van der Waals surface area contributed by atoms with E-state index in [2.05, 4.69) is 15.5 Å². The lowest BCUT2D eigenvalue weighted by Crippen LogP contribution is -2.52. The Morgan fingerprint density at radius 1 is 0.944 bits per heavy atom. The molecule has 0 spiro atoms. The minimum atomic E-state index is -0.200. The van der Waals surface area contributed by atoms with Crippen molar-refractivity contribution in [3.8, 4) is 0 Å². The zero-order valence-electron chi connectivity index (χ0n) is 21.7. The van der Waals surface area contributed by atoms with E-state index < -0.39 is 0 Å². The number of rotatable bonds is 7. The van der Waals surface area contributed by atoms with Gasteiger partial charge < -0.3 is 9.30 Å². The fraction of sp³-hybridized carbons (Fsp3) is 0.700. The minimum absolute atomic E-state index is 0.0441. The molecule has 2 aliphatic carbocycles. The van der Waals surface area contributed by atoms with Crippen molar-refractivity contribution in [3.63, 3.8) is 0 Å². The third kappa shape index (κ3) is 4.62. The summed E-state index contributed by atoms with van der Waals surface area (Å²) in [6.45, 7) is 2.21. The molecule has 4 fully saturated rings. The number of aromatic nitrogens is 2. The average molecular weight is 492 g/mol. The summed E-state index contributed by atoms with van der Waals surface area (Å²) in [6.07, 6.45) is 14.7. The lowest BCUT2D eigenvalue weighted by Gasteiger charge is -2.49. The van der Waals surface area contributed by atoms with E-state index in [9.17, 15) is 9.59 Å². The van der Waals surface area contributed by atoms with Gasteiger partial charge in [0.15, 0.2) is 0 Å². The van der Waals surface area contributed by atoms with Gasteiger partial charge in [-0.25, -0.2) is 4.98 Å². The van der Waals surface area contributed by atoms with Gasteiger partial charge in [0.2, 0.25) is 0 Å². The molecule has 2 aromatic rings. The molecule has 3 unspecified atom stereocenters. The van der Waals surface area contributed by atoms with E-state index in [1.807, 2.05) is 25.1 Å². The first-order valence-corrected chi connectivity index (χ1v) is 14.5. The van der Waals surface area contributed by atoms with Crippen molar-refractivity contribution in [2.45, 2.75) is 115 Å². The molecule has 2 saturated carbocycles. The third-order valence-electron chi connectivity index (χ3n) is 9.62. The molecule has 2 saturated heterocycles. The van der Waals surface area contributed by atoms with Gasteiger partial charge in [0.05, 0.1) is 17.6 Å². The Morgan fingerprint density at radius 2 is 1.67 bits per heavy atom. The molecule has 6 nitrogen and oxygen atoms in total. The lowest BCUT2D eigenvalue weighted by atomic mass is 9.69. The van der Waals surface area contributed by atoms with Crippen LogP contribution >= 0.6 is 0 Å². The van der Waals surface area contributed by atoms with E-state index in [0.29, 0.717) is 43.6 Å². The first kappa shape index (κ1) is 24.1. The lowest BCUT2D eigenvalue weighted by molar-refractivity contribution is -0.143. The maximum atomic E-state index is 13.8. The topological polar surface area (TPSA) is 64.4 Å². The highest BCUT2D eigenvalue weighted by molar-refractivity contribution is 5.75.